The fourth-order valence-corrected chi connectivity index (χ4v) is 19.1. The smallest absolute Gasteiger partial charge is 0.455 e. The van der Waals surface area contributed by atoms with Gasteiger partial charge in [0.15, 0.2) is 15.1 Å². The van der Waals surface area contributed by atoms with E-state index < -0.39 is 121 Å². The molecule has 0 bridgehead atoms. The summed E-state index contributed by atoms with van der Waals surface area (Å²) in [6.45, 7) is 23.9. The van der Waals surface area contributed by atoms with Crippen LogP contribution in [-0.2, 0) is 54.0 Å². The molecule has 0 aliphatic carbocycles. The molecule has 627 valence electrons. The molecule has 21 atom stereocenters. The van der Waals surface area contributed by atoms with Crippen molar-refractivity contribution in [2.45, 2.75) is 175 Å². The Morgan fingerprint density at radius 1 is 0.495 bits per heavy atom. The van der Waals surface area contributed by atoms with Crippen molar-refractivity contribution >= 4 is 76.3 Å². The Bertz CT molecular complexity index is 4010. The number of aromatic amines is 4. The standard InChI is InChI=1S/C16H24N3O6PS.C13H20N2O5S.C12H18N2O6S.C9H12N2O5S.C9H10N2O4S.2C3H7.CH4.B.Ni.H2/c1-4-11-13(25-26-24-8-6-17-2)14(23-10-9-22-3)15(27-11)19-7-5-12(20)18-16(19)21;1-3-8-10(17)11(20-7-6-19-2)12(21-8)15-5-4-9(16)14-13(15)18;1-19-4-5-20-10-9(17)7(6-15)21-11(10)14-3-2-8(16)13-12(14)18;12-3-4-6(14)7(15)8(17-4)11-2-1-5(13)10-9(11)16;12-3-4-6(14)7-8(16-4)11-2-1-5(13)10-9(11)15-7;2*1-3-2;;;;/h5,7,11,13-15,26H,4,6,8-10H2,1,3H3,(H,18,20,21);4-5,8,10-12,17H,3,6-7H2,1-2H3,(H,14,16,18);2-3,7,9-11,15,17H,4-6H2,1H3,(H,13,16,18);1-2,4,6-8,12,14-15H,3H2,(H,10,13,16);1-2,4,6-8,12,14H,3H2;2*1,3H2,2H3;1H4;;;1H/q;;;;;2*-1;;;+2;/t11-,13?,14+,15-;8-,10?,11+,12-;7-,9?,10+,11-;4-,6?,7+,8-;4-,6?,7-,8-;;;;;;/m11111....../s1/i;;;;;;;;;;1+1. The first-order valence-corrected chi connectivity index (χ1v) is 39.7. The van der Waals surface area contributed by atoms with Crippen LogP contribution in [0.1, 0.15) is 89.1 Å². The molecule has 0 saturated carbocycles. The first-order chi connectivity index (χ1) is 51.8. The van der Waals surface area contributed by atoms with E-state index in [0.717, 1.165) is 48.1 Å². The van der Waals surface area contributed by atoms with E-state index in [0.29, 0.717) is 39.6 Å². The Morgan fingerprint density at radius 2 is 0.847 bits per heavy atom. The molecule has 111 heavy (non-hydrogen) atoms. The molecule has 6 aliphatic heterocycles. The molecule has 0 spiro atoms. The molecule has 0 amide bonds. The van der Waals surface area contributed by atoms with Gasteiger partial charge in [-0.25, -0.2) is 25.8 Å². The number of ether oxygens (including phenoxy) is 7. The molecule has 6 unspecified atom stereocenters. The summed E-state index contributed by atoms with van der Waals surface area (Å²) in [6.07, 6.45) is 3.83. The van der Waals surface area contributed by atoms with Crippen LogP contribution in [0, 0.1) is 20.4 Å². The Labute approximate surface area is 676 Å². The topological polar surface area (TPSA) is 504 Å². The zero-order valence-electron chi connectivity index (χ0n) is 61.3. The summed E-state index contributed by atoms with van der Waals surface area (Å²) < 4.78 is 55.9. The van der Waals surface area contributed by atoms with Gasteiger partial charge in [-0.05, 0) is 12.8 Å². The summed E-state index contributed by atoms with van der Waals surface area (Å²) in [6, 6.07) is 6.60. The van der Waals surface area contributed by atoms with Gasteiger partial charge in [-0.2, -0.15) is 17.8 Å². The zero-order valence-corrected chi connectivity index (χ0v) is 67.4. The second-order valence-electron chi connectivity index (χ2n) is 23.6. The molecule has 5 saturated heterocycles. The maximum atomic E-state index is 12.3. The Kier molecular flexibility index (Phi) is 49.0. The van der Waals surface area contributed by atoms with Crippen LogP contribution >= 0.6 is 67.8 Å². The van der Waals surface area contributed by atoms with Crippen molar-refractivity contribution in [2.75, 3.05) is 93.9 Å². The van der Waals surface area contributed by atoms with Crippen LogP contribution < -0.4 is 55.3 Å². The number of hydrogen-bond acceptors (Lipinski definition) is 32. The van der Waals surface area contributed by atoms with Gasteiger partial charge >= 0.3 is 45.3 Å². The number of rotatable bonds is 26. The van der Waals surface area contributed by atoms with E-state index in [1.54, 1.807) is 36.7 Å². The van der Waals surface area contributed by atoms with E-state index in [9.17, 15) is 73.8 Å². The molecule has 5 aromatic heterocycles. The van der Waals surface area contributed by atoms with Gasteiger partial charge in [0.2, 0.25) is 6.54 Å². The minimum absolute atomic E-state index is 0. The molecule has 5 fully saturated rings. The zero-order chi connectivity index (χ0) is 79.7. The van der Waals surface area contributed by atoms with Gasteiger partial charge in [-0.1, -0.05) is 35.1 Å². The number of aliphatic hydroxyl groups excluding tert-OH is 8. The summed E-state index contributed by atoms with van der Waals surface area (Å²) in [5.41, 5.74) is -4.46. The molecule has 6 aliphatic rings. The second kappa shape index (κ2) is 53.3. The van der Waals surface area contributed by atoms with Crippen LogP contribution in [0.5, 0.6) is 6.01 Å². The van der Waals surface area contributed by atoms with Crippen molar-refractivity contribution in [3.63, 3.8) is 0 Å². The second-order valence-corrected chi connectivity index (χ2v) is 31.1. The maximum absolute atomic E-state index is 12.3. The molecule has 3 radical (unpaired) electrons. The first kappa shape index (κ1) is 102. The molecule has 12 N–H and O–H groups in total. The fourth-order valence-electron chi connectivity index (χ4n) is 11.0. The van der Waals surface area contributed by atoms with Gasteiger partial charge in [0.25, 0.3) is 27.8 Å². The quantitative estimate of drug-likeness (QED) is 0.0146. The van der Waals surface area contributed by atoms with Crippen molar-refractivity contribution in [3.8, 4) is 6.01 Å². The molecule has 11 rings (SSSR count). The number of thioether (sulfide) groups is 5. The van der Waals surface area contributed by atoms with Gasteiger partial charge in [-0.15, -0.1) is 58.8 Å². The molecular formula is C66H104BN11NiO26PS5. The number of nitrogens with one attached hydrogen (secondary N) is 4. The van der Waals surface area contributed by atoms with Crippen LogP contribution in [0.2, 0.25) is 0 Å². The van der Waals surface area contributed by atoms with Crippen LogP contribution in [0.25, 0.3) is 4.85 Å². The van der Waals surface area contributed by atoms with Gasteiger partial charge in [0.1, 0.15) is 70.1 Å². The average Bonchev–Trinajstić information content (AvgIpc) is 1.59. The largest absolute Gasteiger partial charge is 2.00 e. The van der Waals surface area contributed by atoms with Crippen molar-refractivity contribution in [1.29, 1.82) is 0 Å². The normalized spacial score (nSPS) is 27.6. The predicted octanol–water partition coefficient (Wildman–Crippen LogP) is -0.294. The third kappa shape index (κ3) is 29.0. The molecule has 11 heterocycles. The number of fused-ring (bicyclic) bond motifs is 3. The number of hydrogen-bond donors (Lipinski definition) is 12. The predicted molar refractivity (Wildman–Crippen MR) is 424 cm³/mol. The third-order valence-electron chi connectivity index (χ3n) is 16.1. The Morgan fingerprint density at radius 3 is 1.24 bits per heavy atom. The van der Waals surface area contributed by atoms with E-state index in [1.165, 1.54) is 105 Å². The molecular weight excluding hydrogens is 1620 g/mol. The number of H-pyrrole nitrogens is 4. The number of aromatic nitrogens is 10. The maximum Gasteiger partial charge on any atom is 2.00 e. The van der Waals surface area contributed by atoms with Gasteiger partial charge in [-0.3, -0.25) is 66.7 Å². The third-order valence-corrected chi connectivity index (χ3v) is 24.9. The number of nitrogens with zero attached hydrogens (tertiary/aromatic N) is 7. The minimum atomic E-state index is -1.17. The van der Waals surface area contributed by atoms with E-state index >= 15 is 0 Å². The van der Waals surface area contributed by atoms with E-state index in [1.807, 2.05) is 27.7 Å². The van der Waals surface area contributed by atoms with E-state index in [4.69, 9.17) is 59.0 Å². The molecule has 5 aromatic rings. The molecule has 45 heteroatoms. The van der Waals surface area contributed by atoms with Crippen molar-refractivity contribution in [1.82, 2.24) is 47.8 Å². The monoisotopic (exact) mass is 1730 g/mol. The van der Waals surface area contributed by atoms with Crippen molar-refractivity contribution in [3.05, 3.63) is 180 Å². The number of aliphatic hydroxyl groups is 8. The van der Waals surface area contributed by atoms with Gasteiger partial charge in [0.05, 0.1) is 93.5 Å². The van der Waals surface area contributed by atoms with Crippen LogP contribution in [0.15, 0.2) is 104 Å². The van der Waals surface area contributed by atoms with Crippen molar-refractivity contribution in [2.24, 2.45) is 0 Å². The summed E-state index contributed by atoms with van der Waals surface area (Å²) in [4.78, 5) is 119. The van der Waals surface area contributed by atoms with Crippen LogP contribution in [0.4, 0.5) is 0 Å². The number of methoxy groups -OCH3 is 3. The Balaban J connectivity index is 0.000000687. The molecule has 37 nitrogen and oxygen atoms in total. The fraction of sp³-hybridized carbons (Fsp3) is 0.652. The average molecular weight is 1730 g/mol. The summed E-state index contributed by atoms with van der Waals surface area (Å²) in [5.74, 6) is 0. The van der Waals surface area contributed by atoms with Crippen molar-refractivity contribution < 1.29 is 101 Å². The van der Waals surface area contributed by atoms with Crippen LogP contribution in [0.3, 0.4) is 0 Å². The molecule has 0 aromatic carbocycles. The van der Waals surface area contributed by atoms with Gasteiger partial charge in [0, 0.05) is 103 Å². The summed E-state index contributed by atoms with van der Waals surface area (Å²) in [7, 11) is 4.48. The van der Waals surface area contributed by atoms with E-state index in [-0.39, 0.29) is 125 Å². The van der Waals surface area contributed by atoms with E-state index in [2.05, 4.69) is 43.6 Å². The summed E-state index contributed by atoms with van der Waals surface area (Å²) >= 11 is 6.82. The minimum Gasteiger partial charge on any atom is -0.455 e. The summed E-state index contributed by atoms with van der Waals surface area (Å²) in [5, 5.41) is 73.9. The van der Waals surface area contributed by atoms with Gasteiger partial charge < -0.3 is 102 Å². The SMILES string of the molecule is C.CC[C@H]1S[C@@H](n2ccc(=O)[nH]c2=O)[C@@H](OCCOC)C1O.COCCO[C@H]1C(O)[C@@H](CO)S[C@H]1n1ccc(=O)[nH]c1=O.O=c1ccn([C@@H]2S[C@H](CO)C(O)[C@@H]2O)c(=O)[nH]1.O=c1ccn2c(n1)O[C@@H]1C(O)[C@@H](CO)S[C@H]12.[2HH].[B].[C-]#[N+]CCOPOC1[C@@H](CC)S[C@@H](n2ccc(=O)[nH]c2=O)[C@H]1OCCOC.[CH2-]CC.[CH2-]CC.[Ni+2]. The first-order valence-electron chi connectivity index (χ1n) is 34.1. The Hall–Kier alpha value is -5.01. The van der Waals surface area contributed by atoms with Crippen LogP contribution in [-0.4, -0.2) is 278 Å².